The zero-order valence-corrected chi connectivity index (χ0v) is 9.30. The van der Waals surface area contributed by atoms with Crippen LogP contribution in [-0.2, 0) is 11.2 Å². The Labute approximate surface area is 95.7 Å². The minimum Gasteiger partial charge on any atom is -0.508 e. The number of nitrogens with zero attached hydrogens (tertiary/aromatic N) is 1. The largest absolute Gasteiger partial charge is 0.508 e. The van der Waals surface area contributed by atoms with Gasteiger partial charge >= 0.3 is 0 Å². The molecule has 0 aromatic heterocycles. The van der Waals surface area contributed by atoms with Crippen LogP contribution in [0.2, 0.25) is 0 Å². The molecule has 0 radical (unpaired) electrons. The summed E-state index contributed by atoms with van der Waals surface area (Å²) in [5.74, 6) is 0.291. The Morgan fingerprint density at radius 1 is 1.31 bits per heavy atom. The third kappa shape index (κ3) is 2.54. The highest BCUT2D eigenvalue weighted by Gasteiger charge is 2.20. The second-order valence-electron chi connectivity index (χ2n) is 4.36. The van der Waals surface area contributed by atoms with Crippen molar-refractivity contribution in [3.05, 3.63) is 29.8 Å². The summed E-state index contributed by atoms with van der Waals surface area (Å²) in [6, 6.07) is 7.57. The van der Waals surface area contributed by atoms with Gasteiger partial charge < -0.3 is 10.0 Å². The lowest BCUT2D eigenvalue weighted by Gasteiger charge is -2.32. The second-order valence-corrected chi connectivity index (χ2v) is 4.36. The predicted octanol–water partition coefficient (Wildman–Crippen LogP) is 1.95. The summed E-state index contributed by atoms with van der Waals surface area (Å²) < 4.78 is 0. The van der Waals surface area contributed by atoms with Gasteiger partial charge in [0.1, 0.15) is 5.75 Å². The van der Waals surface area contributed by atoms with Crippen LogP contribution in [0.5, 0.6) is 5.75 Å². The number of carbonyl (C=O) groups excluding carboxylic acids is 1. The van der Waals surface area contributed by atoms with E-state index in [1.165, 1.54) is 12.0 Å². The summed E-state index contributed by atoms with van der Waals surface area (Å²) in [6.07, 6.45) is 5.25. The lowest BCUT2D eigenvalue weighted by Crippen LogP contribution is -2.39. The minimum absolute atomic E-state index is 0.291. The quantitative estimate of drug-likeness (QED) is 0.789. The van der Waals surface area contributed by atoms with Crippen molar-refractivity contribution >= 4 is 6.41 Å². The Morgan fingerprint density at radius 2 is 2.06 bits per heavy atom. The maximum atomic E-state index is 10.9. The Balaban J connectivity index is 2.02. The molecule has 2 rings (SSSR count). The van der Waals surface area contributed by atoms with E-state index in [0.717, 1.165) is 32.2 Å². The molecule has 3 heteroatoms. The van der Waals surface area contributed by atoms with Crippen LogP contribution in [0, 0.1) is 0 Å². The molecular formula is C13H17NO2. The van der Waals surface area contributed by atoms with E-state index in [9.17, 15) is 9.90 Å². The van der Waals surface area contributed by atoms with Crippen LogP contribution < -0.4 is 0 Å². The van der Waals surface area contributed by atoms with Gasteiger partial charge in [0.15, 0.2) is 0 Å². The van der Waals surface area contributed by atoms with Crippen molar-refractivity contribution in [2.75, 3.05) is 6.54 Å². The molecule has 1 N–H and O–H groups in total. The van der Waals surface area contributed by atoms with E-state index in [-0.39, 0.29) is 0 Å². The molecule has 0 bridgehead atoms. The van der Waals surface area contributed by atoms with Crippen molar-refractivity contribution in [1.82, 2.24) is 4.90 Å². The molecule has 1 aromatic carbocycles. The van der Waals surface area contributed by atoms with E-state index >= 15 is 0 Å². The fourth-order valence-electron chi connectivity index (χ4n) is 2.28. The van der Waals surface area contributed by atoms with Crippen molar-refractivity contribution in [2.24, 2.45) is 0 Å². The van der Waals surface area contributed by atoms with Crippen molar-refractivity contribution in [3.8, 4) is 5.75 Å². The molecule has 1 heterocycles. The molecule has 1 atom stereocenters. The summed E-state index contributed by atoms with van der Waals surface area (Å²) in [6.45, 7) is 0.881. The van der Waals surface area contributed by atoms with Crippen molar-refractivity contribution in [3.63, 3.8) is 0 Å². The molecule has 1 amide bonds. The number of hydrogen-bond donors (Lipinski definition) is 1. The average Bonchev–Trinajstić information content (AvgIpc) is 2.33. The topological polar surface area (TPSA) is 40.5 Å². The van der Waals surface area contributed by atoms with Crippen LogP contribution in [0.4, 0.5) is 0 Å². The smallest absolute Gasteiger partial charge is 0.209 e. The van der Waals surface area contributed by atoms with Gasteiger partial charge in [-0.15, -0.1) is 0 Å². The van der Waals surface area contributed by atoms with Gasteiger partial charge in [0.05, 0.1) is 0 Å². The summed E-state index contributed by atoms with van der Waals surface area (Å²) in [5, 5.41) is 9.19. The van der Waals surface area contributed by atoms with Gasteiger partial charge in [-0.05, 0) is 43.4 Å². The Hall–Kier alpha value is -1.51. The molecule has 0 spiro atoms. The molecule has 0 saturated carbocycles. The van der Waals surface area contributed by atoms with Gasteiger partial charge in [0.25, 0.3) is 0 Å². The monoisotopic (exact) mass is 219 g/mol. The number of benzene rings is 1. The van der Waals surface area contributed by atoms with Crippen molar-refractivity contribution in [1.29, 1.82) is 0 Å². The van der Waals surface area contributed by atoms with Crippen LogP contribution >= 0.6 is 0 Å². The highest BCUT2D eigenvalue weighted by molar-refractivity contribution is 5.48. The van der Waals surface area contributed by atoms with Crippen LogP contribution in [0.3, 0.4) is 0 Å². The third-order valence-electron chi connectivity index (χ3n) is 3.22. The maximum absolute atomic E-state index is 10.9. The first-order valence-corrected chi connectivity index (χ1v) is 5.78. The van der Waals surface area contributed by atoms with Crippen LogP contribution in [0.25, 0.3) is 0 Å². The van der Waals surface area contributed by atoms with Crippen LogP contribution in [-0.4, -0.2) is 29.0 Å². The number of aromatic hydroxyl groups is 1. The normalized spacial score (nSPS) is 20.8. The fraction of sp³-hybridized carbons (Fsp3) is 0.462. The van der Waals surface area contributed by atoms with Crippen molar-refractivity contribution < 1.29 is 9.90 Å². The lowest BCUT2D eigenvalue weighted by molar-refractivity contribution is -0.121. The van der Waals surface area contributed by atoms with E-state index in [2.05, 4.69) is 0 Å². The van der Waals surface area contributed by atoms with Gasteiger partial charge in [-0.25, -0.2) is 0 Å². The van der Waals surface area contributed by atoms with Crippen LogP contribution in [0.1, 0.15) is 24.8 Å². The number of likely N-dealkylation sites (tertiary alicyclic amines) is 1. The average molecular weight is 219 g/mol. The molecular weight excluding hydrogens is 202 g/mol. The summed E-state index contributed by atoms with van der Waals surface area (Å²) >= 11 is 0. The van der Waals surface area contributed by atoms with E-state index < -0.39 is 0 Å². The van der Waals surface area contributed by atoms with Crippen LogP contribution in [0.15, 0.2) is 24.3 Å². The molecule has 16 heavy (non-hydrogen) atoms. The summed E-state index contributed by atoms with van der Waals surface area (Å²) in [5.41, 5.74) is 1.18. The molecule has 1 unspecified atom stereocenters. The molecule has 1 aliphatic rings. The Morgan fingerprint density at radius 3 is 2.75 bits per heavy atom. The highest BCUT2D eigenvalue weighted by atomic mass is 16.3. The highest BCUT2D eigenvalue weighted by Crippen LogP contribution is 2.20. The van der Waals surface area contributed by atoms with Gasteiger partial charge in [-0.1, -0.05) is 12.1 Å². The molecule has 1 aliphatic heterocycles. The first kappa shape index (κ1) is 11.0. The molecule has 1 aromatic rings. The molecule has 86 valence electrons. The maximum Gasteiger partial charge on any atom is 0.209 e. The molecule has 0 aliphatic carbocycles. The van der Waals surface area contributed by atoms with E-state index in [1.807, 2.05) is 17.0 Å². The molecule has 3 nitrogen and oxygen atoms in total. The first-order chi connectivity index (χ1) is 7.79. The number of amides is 1. The van der Waals surface area contributed by atoms with Crippen molar-refractivity contribution in [2.45, 2.75) is 31.7 Å². The number of piperidine rings is 1. The minimum atomic E-state index is 0.291. The second kappa shape index (κ2) is 5.01. The summed E-state index contributed by atoms with van der Waals surface area (Å²) in [4.78, 5) is 12.8. The number of hydrogen-bond acceptors (Lipinski definition) is 2. The van der Waals surface area contributed by atoms with E-state index in [1.54, 1.807) is 12.1 Å². The first-order valence-electron chi connectivity index (χ1n) is 5.78. The number of rotatable bonds is 3. The lowest BCUT2D eigenvalue weighted by atomic mass is 9.96. The summed E-state index contributed by atoms with van der Waals surface area (Å²) in [7, 11) is 0. The Bertz CT molecular complexity index is 347. The molecule has 1 fully saturated rings. The standard InChI is InChI=1S/C13H17NO2/c15-10-14-8-2-1-3-12(14)9-11-4-6-13(16)7-5-11/h4-7,10,12,16H,1-3,8-9H2. The Kier molecular flexibility index (Phi) is 3.44. The zero-order valence-electron chi connectivity index (χ0n) is 9.30. The third-order valence-corrected chi connectivity index (χ3v) is 3.22. The number of phenolic OH excluding ortho intramolecular Hbond substituents is 1. The van der Waals surface area contributed by atoms with Gasteiger partial charge in [-0.2, -0.15) is 0 Å². The van der Waals surface area contributed by atoms with Gasteiger partial charge in [-0.3, -0.25) is 4.79 Å². The SMILES string of the molecule is O=CN1CCCCC1Cc1ccc(O)cc1. The molecule has 1 saturated heterocycles. The van der Waals surface area contributed by atoms with E-state index in [0.29, 0.717) is 11.8 Å². The predicted molar refractivity (Wildman–Crippen MR) is 62.2 cm³/mol. The zero-order chi connectivity index (χ0) is 11.4. The fourth-order valence-corrected chi connectivity index (χ4v) is 2.28. The van der Waals surface area contributed by atoms with Gasteiger partial charge in [0.2, 0.25) is 6.41 Å². The van der Waals surface area contributed by atoms with E-state index in [4.69, 9.17) is 0 Å². The number of carbonyl (C=O) groups is 1. The van der Waals surface area contributed by atoms with Gasteiger partial charge in [0, 0.05) is 12.6 Å². The number of phenols is 1.